The number of rotatable bonds is 2. The molecule has 1 unspecified atom stereocenters. The summed E-state index contributed by atoms with van der Waals surface area (Å²) in [6, 6.07) is -0.0440. The normalized spacial score (nSPS) is 18.2. The van der Waals surface area contributed by atoms with Crippen molar-refractivity contribution in [2.75, 3.05) is 6.54 Å². The zero-order valence-corrected chi connectivity index (χ0v) is 11.9. The van der Waals surface area contributed by atoms with Crippen LogP contribution in [0, 0.1) is 13.8 Å². The van der Waals surface area contributed by atoms with Crippen molar-refractivity contribution in [3.05, 3.63) is 45.5 Å². The van der Waals surface area contributed by atoms with E-state index in [1.807, 2.05) is 13.8 Å². The van der Waals surface area contributed by atoms with Crippen molar-refractivity contribution in [3.63, 3.8) is 0 Å². The highest BCUT2D eigenvalue weighted by molar-refractivity contribution is 5.92. The molecule has 0 aromatic carbocycles. The van der Waals surface area contributed by atoms with E-state index in [1.165, 1.54) is 6.20 Å². The van der Waals surface area contributed by atoms with Crippen LogP contribution in [0.2, 0.25) is 0 Å². The van der Waals surface area contributed by atoms with Gasteiger partial charge in [0.25, 0.3) is 11.5 Å². The van der Waals surface area contributed by atoms with Crippen molar-refractivity contribution < 1.29 is 9.32 Å². The number of carbonyl (C=O) groups excluding carboxylic acids is 1. The summed E-state index contributed by atoms with van der Waals surface area (Å²) in [4.78, 5) is 31.8. The number of carbonyl (C=O) groups is 1. The molecule has 1 N–H and O–H groups in total. The molecule has 21 heavy (non-hydrogen) atoms. The Labute approximate surface area is 121 Å². The molecule has 0 spiro atoms. The van der Waals surface area contributed by atoms with E-state index in [1.54, 1.807) is 4.90 Å². The van der Waals surface area contributed by atoms with E-state index in [9.17, 15) is 9.59 Å². The lowest BCUT2D eigenvalue weighted by Gasteiger charge is -2.24. The minimum atomic E-state index is -0.324. The van der Waals surface area contributed by atoms with Crippen LogP contribution in [-0.2, 0) is 0 Å². The molecule has 2 aromatic rings. The Morgan fingerprint density at radius 2 is 2.29 bits per heavy atom. The van der Waals surface area contributed by atoms with Gasteiger partial charge in [-0.2, -0.15) is 0 Å². The van der Waals surface area contributed by atoms with Gasteiger partial charge in [0.15, 0.2) is 0 Å². The molecular weight excluding hydrogens is 272 g/mol. The van der Waals surface area contributed by atoms with E-state index in [4.69, 9.17) is 4.52 Å². The number of aromatic nitrogens is 3. The molecule has 3 rings (SSSR count). The smallest absolute Gasteiger partial charge is 0.274 e. The number of hydrogen-bond acceptors (Lipinski definition) is 5. The lowest BCUT2D eigenvalue weighted by molar-refractivity contribution is 0.0728. The summed E-state index contributed by atoms with van der Waals surface area (Å²) >= 11 is 0. The second-order valence-electron chi connectivity index (χ2n) is 5.19. The van der Waals surface area contributed by atoms with Gasteiger partial charge in [0.05, 0.1) is 17.9 Å². The van der Waals surface area contributed by atoms with E-state index in [-0.39, 0.29) is 23.2 Å². The summed E-state index contributed by atoms with van der Waals surface area (Å²) in [5, 5.41) is 3.96. The minimum absolute atomic E-state index is 0.0440. The van der Waals surface area contributed by atoms with E-state index >= 15 is 0 Å². The predicted molar refractivity (Wildman–Crippen MR) is 73.8 cm³/mol. The topological polar surface area (TPSA) is 92.1 Å². The second kappa shape index (κ2) is 5.16. The van der Waals surface area contributed by atoms with E-state index < -0.39 is 0 Å². The van der Waals surface area contributed by atoms with E-state index in [2.05, 4.69) is 15.1 Å². The molecule has 7 heteroatoms. The first-order valence-electron chi connectivity index (χ1n) is 6.86. The monoisotopic (exact) mass is 288 g/mol. The number of amides is 1. The summed E-state index contributed by atoms with van der Waals surface area (Å²) in [7, 11) is 0. The van der Waals surface area contributed by atoms with Crippen LogP contribution in [0.15, 0.2) is 21.7 Å². The molecule has 1 saturated heterocycles. The van der Waals surface area contributed by atoms with Gasteiger partial charge in [0.1, 0.15) is 11.5 Å². The first kappa shape index (κ1) is 13.5. The molecule has 0 radical (unpaired) electrons. The quantitative estimate of drug-likeness (QED) is 0.900. The van der Waals surface area contributed by atoms with Gasteiger partial charge in [-0.25, -0.2) is 4.98 Å². The van der Waals surface area contributed by atoms with Crippen LogP contribution >= 0.6 is 0 Å². The molecule has 1 atom stereocenters. The number of aromatic amines is 1. The maximum Gasteiger partial charge on any atom is 0.274 e. The first-order valence-corrected chi connectivity index (χ1v) is 6.86. The molecule has 7 nitrogen and oxygen atoms in total. The van der Waals surface area contributed by atoms with Gasteiger partial charge in [0, 0.05) is 18.3 Å². The summed E-state index contributed by atoms with van der Waals surface area (Å²) in [6.07, 6.45) is 4.27. The number of H-pyrrole nitrogens is 1. The molecule has 110 valence electrons. The number of nitrogens with one attached hydrogen (secondary N) is 1. The fourth-order valence-corrected chi connectivity index (χ4v) is 2.88. The highest BCUT2D eigenvalue weighted by atomic mass is 16.5. The minimum Gasteiger partial charge on any atom is -0.361 e. The van der Waals surface area contributed by atoms with E-state index in [0.717, 1.165) is 36.1 Å². The van der Waals surface area contributed by atoms with Crippen LogP contribution in [0.25, 0.3) is 0 Å². The van der Waals surface area contributed by atoms with Crippen LogP contribution in [0.5, 0.6) is 0 Å². The van der Waals surface area contributed by atoms with Crippen molar-refractivity contribution in [1.82, 2.24) is 20.0 Å². The molecule has 0 saturated carbocycles. The Balaban J connectivity index is 1.92. The molecule has 3 heterocycles. The fourth-order valence-electron chi connectivity index (χ4n) is 2.88. The van der Waals surface area contributed by atoms with Crippen molar-refractivity contribution in [2.24, 2.45) is 0 Å². The summed E-state index contributed by atoms with van der Waals surface area (Å²) in [5.74, 6) is 0.556. The highest BCUT2D eigenvalue weighted by Gasteiger charge is 2.34. The van der Waals surface area contributed by atoms with Gasteiger partial charge in [-0.15, -0.1) is 0 Å². The average molecular weight is 288 g/mol. The Bertz CT molecular complexity index is 694. The summed E-state index contributed by atoms with van der Waals surface area (Å²) in [6.45, 7) is 4.40. The zero-order valence-electron chi connectivity index (χ0n) is 11.9. The largest absolute Gasteiger partial charge is 0.361 e. The number of hydrogen-bond donors (Lipinski definition) is 1. The Morgan fingerprint density at radius 1 is 1.48 bits per heavy atom. The molecule has 2 aromatic heterocycles. The van der Waals surface area contributed by atoms with Crippen LogP contribution in [0.4, 0.5) is 0 Å². The third kappa shape index (κ3) is 2.35. The number of likely N-dealkylation sites (tertiary alicyclic amines) is 1. The fraction of sp³-hybridized carbons (Fsp3) is 0.429. The Hall–Kier alpha value is -2.44. The summed E-state index contributed by atoms with van der Waals surface area (Å²) in [5.41, 5.74) is 1.71. The second-order valence-corrected chi connectivity index (χ2v) is 5.19. The van der Waals surface area contributed by atoms with Gasteiger partial charge >= 0.3 is 0 Å². The van der Waals surface area contributed by atoms with Crippen LogP contribution in [0.3, 0.4) is 0 Å². The van der Waals surface area contributed by atoms with Gasteiger partial charge in [-0.05, 0) is 26.7 Å². The molecule has 1 amide bonds. The highest BCUT2D eigenvalue weighted by Crippen LogP contribution is 2.36. The molecule has 1 fully saturated rings. The average Bonchev–Trinajstić information content (AvgIpc) is 3.06. The number of nitrogens with zero attached hydrogens (tertiary/aromatic N) is 3. The van der Waals surface area contributed by atoms with Gasteiger partial charge in [0.2, 0.25) is 0 Å². The molecule has 0 bridgehead atoms. The Kier molecular flexibility index (Phi) is 3.32. The first-order chi connectivity index (χ1) is 10.1. The molecule has 1 aliphatic heterocycles. The molecule has 1 aliphatic rings. The van der Waals surface area contributed by atoms with Crippen molar-refractivity contribution in [1.29, 1.82) is 0 Å². The van der Waals surface area contributed by atoms with Gasteiger partial charge < -0.3 is 14.4 Å². The van der Waals surface area contributed by atoms with Crippen LogP contribution in [0.1, 0.15) is 46.4 Å². The zero-order chi connectivity index (χ0) is 15.0. The van der Waals surface area contributed by atoms with Crippen LogP contribution in [-0.4, -0.2) is 32.5 Å². The maximum absolute atomic E-state index is 12.6. The molecule has 0 aliphatic carbocycles. The lowest BCUT2D eigenvalue weighted by Crippen LogP contribution is -2.32. The number of aryl methyl sites for hydroxylation is 2. The maximum atomic E-state index is 12.6. The van der Waals surface area contributed by atoms with Gasteiger partial charge in [-0.3, -0.25) is 9.59 Å². The van der Waals surface area contributed by atoms with Crippen molar-refractivity contribution >= 4 is 5.91 Å². The third-order valence-corrected chi connectivity index (χ3v) is 3.83. The SMILES string of the molecule is Cc1noc(C)c1C1CCCN1C(=O)c1c[nH]c(=O)cn1. The Morgan fingerprint density at radius 3 is 2.90 bits per heavy atom. The lowest BCUT2D eigenvalue weighted by atomic mass is 10.0. The van der Waals surface area contributed by atoms with E-state index in [0.29, 0.717) is 6.54 Å². The van der Waals surface area contributed by atoms with Crippen molar-refractivity contribution in [3.8, 4) is 0 Å². The standard InChI is InChI=1S/C14H16N4O3/c1-8-13(9(2)21-17-8)11-4-3-5-18(11)14(20)10-6-16-12(19)7-15-10/h6-7,11H,3-5H2,1-2H3,(H,16,19). The predicted octanol–water partition coefficient (Wildman–Crippen LogP) is 1.35. The van der Waals surface area contributed by atoms with Gasteiger partial charge in [-0.1, -0.05) is 5.16 Å². The third-order valence-electron chi connectivity index (χ3n) is 3.83. The van der Waals surface area contributed by atoms with Crippen molar-refractivity contribution in [2.45, 2.75) is 32.7 Å². The van der Waals surface area contributed by atoms with Crippen LogP contribution < -0.4 is 5.56 Å². The molecular formula is C14H16N4O3. The summed E-state index contributed by atoms with van der Waals surface area (Å²) < 4.78 is 5.21.